The monoisotopic (exact) mass is 284 g/mol. The van der Waals surface area contributed by atoms with Gasteiger partial charge < -0.3 is 10.3 Å². The molecule has 4 heteroatoms. The minimum atomic E-state index is 0.388. The lowest BCUT2D eigenvalue weighted by atomic mass is 10.0. The number of aryl methyl sites for hydroxylation is 1. The van der Waals surface area contributed by atoms with Crippen molar-refractivity contribution in [2.24, 2.45) is 0 Å². The molecule has 0 saturated heterocycles. The Bertz CT molecular complexity index is 750. The fraction of sp³-hybridized carbons (Fsp3) is 0.0625. The van der Waals surface area contributed by atoms with Gasteiger partial charge in [0.1, 0.15) is 0 Å². The zero-order valence-corrected chi connectivity index (χ0v) is 11.7. The first kappa shape index (κ1) is 12.8. The molecule has 3 rings (SSSR count). The molecule has 0 saturated carbocycles. The molecule has 0 aliphatic carbocycles. The molecule has 1 aromatic heterocycles. The lowest BCUT2D eigenvalue weighted by Gasteiger charge is -2.04. The third-order valence-electron chi connectivity index (χ3n) is 3.20. The molecule has 0 radical (unpaired) electrons. The Morgan fingerprint density at radius 1 is 1.05 bits per heavy atom. The minimum absolute atomic E-state index is 0.388. The fourth-order valence-electron chi connectivity index (χ4n) is 2.17. The molecule has 2 N–H and O–H groups in total. The Hall–Kier alpha value is -2.26. The molecule has 0 fully saturated rings. The Morgan fingerprint density at radius 3 is 2.50 bits per heavy atom. The van der Waals surface area contributed by atoms with Gasteiger partial charge in [0.15, 0.2) is 11.6 Å². The molecular weight excluding hydrogens is 272 g/mol. The average molecular weight is 285 g/mol. The molecule has 1 heterocycles. The van der Waals surface area contributed by atoms with E-state index in [1.165, 1.54) is 0 Å². The lowest BCUT2D eigenvalue weighted by Crippen LogP contribution is -1.89. The average Bonchev–Trinajstić information content (AvgIpc) is 2.85. The van der Waals surface area contributed by atoms with Crippen molar-refractivity contribution in [2.75, 3.05) is 5.73 Å². The Morgan fingerprint density at radius 2 is 1.80 bits per heavy atom. The van der Waals surface area contributed by atoms with Crippen LogP contribution in [0.4, 0.5) is 5.82 Å². The predicted octanol–water partition coefficient (Wildman–Crippen LogP) is 4.55. The van der Waals surface area contributed by atoms with Crippen LogP contribution in [0.5, 0.6) is 0 Å². The number of nitrogens with two attached hydrogens (primary N) is 1. The highest BCUT2D eigenvalue weighted by atomic mass is 35.5. The first-order chi connectivity index (χ1) is 9.66. The van der Waals surface area contributed by atoms with Crippen LogP contribution in [-0.2, 0) is 0 Å². The van der Waals surface area contributed by atoms with Crippen molar-refractivity contribution in [3.63, 3.8) is 0 Å². The molecule has 0 atom stereocenters. The number of hydrogen-bond donors (Lipinski definition) is 1. The molecule has 0 aliphatic rings. The predicted molar refractivity (Wildman–Crippen MR) is 81.5 cm³/mol. The van der Waals surface area contributed by atoms with E-state index in [2.05, 4.69) is 5.16 Å². The highest BCUT2D eigenvalue weighted by Crippen LogP contribution is 2.37. The molecule has 2 aromatic carbocycles. The van der Waals surface area contributed by atoms with Crippen molar-refractivity contribution in [2.45, 2.75) is 6.92 Å². The largest absolute Gasteiger partial charge is 0.380 e. The molecular formula is C16H13ClN2O. The van der Waals surface area contributed by atoms with Crippen LogP contribution in [0.15, 0.2) is 53.1 Å². The van der Waals surface area contributed by atoms with Gasteiger partial charge in [0.05, 0.1) is 5.56 Å². The highest BCUT2D eigenvalue weighted by Gasteiger charge is 2.17. The zero-order chi connectivity index (χ0) is 14.1. The summed E-state index contributed by atoms with van der Waals surface area (Å²) in [4.78, 5) is 0. The number of rotatable bonds is 2. The van der Waals surface area contributed by atoms with Crippen molar-refractivity contribution in [1.29, 1.82) is 0 Å². The topological polar surface area (TPSA) is 52.0 Å². The van der Waals surface area contributed by atoms with Gasteiger partial charge in [0.25, 0.3) is 0 Å². The van der Waals surface area contributed by atoms with Crippen LogP contribution in [0.25, 0.3) is 22.5 Å². The minimum Gasteiger partial charge on any atom is -0.380 e. The van der Waals surface area contributed by atoms with Crippen LogP contribution in [-0.4, -0.2) is 5.16 Å². The lowest BCUT2D eigenvalue weighted by molar-refractivity contribution is 0.436. The van der Waals surface area contributed by atoms with Crippen molar-refractivity contribution in [3.05, 3.63) is 59.1 Å². The molecule has 20 heavy (non-hydrogen) atoms. The Kier molecular flexibility index (Phi) is 3.20. The summed E-state index contributed by atoms with van der Waals surface area (Å²) < 4.78 is 5.41. The second-order valence-corrected chi connectivity index (χ2v) is 5.01. The summed E-state index contributed by atoms with van der Waals surface area (Å²) in [5.74, 6) is 1.05. The smallest absolute Gasteiger partial charge is 0.176 e. The van der Waals surface area contributed by atoms with Gasteiger partial charge in [-0.15, -0.1) is 0 Å². The van der Waals surface area contributed by atoms with E-state index < -0.39 is 0 Å². The molecule has 0 aliphatic heterocycles. The van der Waals surface area contributed by atoms with Crippen molar-refractivity contribution in [1.82, 2.24) is 5.16 Å². The second kappa shape index (κ2) is 5.02. The molecule has 0 unspecified atom stereocenters. The van der Waals surface area contributed by atoms with Crippen molar-refractivity contribution < 1.29 is 4.52 Å². The fourth-order valence-corrected chi connectivity index (χ4v) is 2.29. The summed E-state index contributed by atoms with van der Waals surface area (Å²) >= 11 is 6.06. The van der Waals surface area contributed by atoms with E-state index in [1.54, 1.807) is 0 Å². The summed E-state index contributed by atoms with van der Waals surface area (Å²) in [6, 6.07) is 15.6. The Labute approximate surface area is 122 Å². The van der Waals surface area contributed by atoms with E-state index in [4.69, 9.17) is 21.9 Å². The first-order valence-corrected chi connectivity index (χ1v) is 6.61. The number of nitrogens with zero attached hydrogens (tertiary/aromatic N) is 1. The maximum Gasteiger partial charge on any atom is 0.176 e. The van der Waals surface area contributed by atoms with E-state index in [0.29, 0.717) is 11.6 Å². The van der Waals surface area contributed by atoms with Crippen molar-refractivity contribution in [3.8, 4) is 22.5 Å². The van der Waals surface area contributed by atoms with Crippen LogP contribution < -0.4 is 5.73 Å². The maximum atomic E-state index is 6.06. The van der Waals surface area contributed by atoms with E-state index in [-0.39, 0.29) is 0 Å². The summed E-state index contributed by atoms with van der Waals surface area (Å²) in [5, 5.41) is 4.62. The third-order valence-corrected chi connectivity index (χ3v) is 3.63. The molecule has 3 nitrogen and oxygen atoms in total. The first-order valence-electron chi connectivity index (χ1n) is 6.24. The maximum absolute atomic E-state index is 6.06. The third kappa shape index (κ3) is 2.17. The van der Waals surface area contributed by atoms with Gasteiger partial charge in [-0.3, -0.25) is 0 Å². The highest BCUT2D eigenvalue weighted by molar-refractivity contribution is 6.31. The molecule has 0 spiro atoms. The molecule has 0 amide bonds. The van der Waals surface area contributed by atoms with Crippen LogP contribution in [0, 0.1) is 6.92 Å². The van der Waals surface area contributed by atoms with Gasteiger partial charge in [-0.05, 0) is 36.2 Å². The van der Waals surface area contributed by atoms with E-state index in [1.807, 2.05) is 55.5 Å². The number of aromatic nitrogens is 1. The van der Waals surface area contributed by atoms with E-state index in [0.717, 1.165) is 27.3 Å². The molecule has 0 bridgehead atoms. The number of benzene rings is 2. The normalized spacial score (nSPS) is 10.7. The SMILES string of the molecule is Cc1cc(-c2onc(N)c2-c2ccccc2)ccc1Cl. The quantitative estimate of drug-likeness (QED) is 0.751. The standard InChI is InChI=1S/C16H13ClN2O/c1-10-9-12(7-8-13(10)17)15-14(16(18)19-20-15)11-5-3-2-4-6-11/h2-9H,1H3,(H2,18,19). The van der Waals surface area contributed by atoms with Crippen LogP contribution in [0.1, 0.15) is 5.56 Å². The second-order valence-electron chi connectivity index (χ2n) is 4.60. The van der Waals surface area contributed by atoms with E-state index in [9.17, 15) is 0 Å². The van der Waals surface area contributed by atoms with Crippen LogP contribution in [0.2, 0.25) is 5.02 Å². The van der Waals surface area contributed by atoms with E-state index >= 15 is 0 Å². The van der Waals surface area contributed by atoms with Gasteiger partial charge in [-0.2, -0.15) is 0 Å². The van der Waals surface area contributed by atoms with Crippen LogP contribution in [0.3, 0.4) is 0 Å². The number of nitrogen functional groups attached to an aromatic ring is 1. The summed E-state index contributed by atoms with van der Waals surface area (Å²) in [6.07, 6.45) is 0. The number of hydrogen-bond acceptors (Lipinski definition) is 3. The van der Waals surface area contributed by atoms with Gasteiger partial charge in [0, 0.05) is 10.6 Å². The van der Waals surface area contributed by atoms with Gasteiger partial charge in [-0.25, -0.2) is 0 Å². The summed E-state index contributed by atoms with van der Waals surface area (Å²) in [5.41, 5.74) is 9.64. The van der Waals surface area contributed by atoms with Crippen LogP contribution >= 0.6 is 11.6 Å². The van der Waals surface area contributed by atoms with Gasteiger partial charge >= 0.3 is 0 Å². The Balaban J connectivity index is 2.18. The summed E-state index contributed by atoms with van der Waals surface area (Å²) in [7, 11) is 0. The van der Waals surface area contributed by atoms with Gasteiger partial charge in [0.2, 0.25) is 0 Å². The van der Waals surface area contributed by atoms with Gasteiger partial charge in [-0.1, -0.05) is 47.1 Å². The van der Waals surface area contributed by atoms with Crippen molar-refractivity contribution >= 4 is 17.4 Å². The molecule has 100 valence electrons. The summed E-state index contributed by atoms with van der Waals surface area (Å²) in [6.45, 7) is 1.95. The zero-order valence-electron chi connectivity index (χ0n) is 10.9. The number of halogens is 1. The number of anilines is 1. The molecule has 3 aromatic rings.